The maximum absolute atomic E-state index is 10.4. The van der Waals surface area contributed by atoms with Crippen molar-refractivity contribution < 1.29 is 8.76 Å². The number of nitrogens with one attached hydrogen (secondary N) is 2. The maximum Gasteiger partial charge on any atom is 0.0347 e. The summed E-state index contributed by atoms with van der Waals surface area (Å²) in [6.45, 7) is 4.36. The van der Waals surface area contributed by atoms with Gasteiger partial charge < -0.3 is 15.6 Å². The first-order valence-electron chi connectivity index (χ1n) is 5.50. The second-order valence-corrected chi connectivity index (χ2v) is 4.61. The Kier molecular flexibility index (Phi) is 5.40. The lowest BCUT2D eigenvalue weighted by molar-refractivity contribution is 0.511. The van der Waals surface area contributed by atoms with E-state index in [1.54, 1.807) is 6.92 Å². The first kappa shape index (κ1) is 14.0. The van der Waals surface area contributed by atoms with E-state index in [9.17, 15) is 8.76 Å². The zero-order valence-corrected chi connectivity index (χ0v) is 10.8. The van der Waals surface area contributed by atoms with Crippen LogP contribution in [0.1, 0.15) is 19.4 Å². The third kappa shape index (κ3) is 4.72. The van der Waals surface area contributed by atoms with E-state index in [1.165, 1.54) is 0 Å². The van der Waals surface area contributed by atoms with Crippen molar-refractivity contribution in [3.05, 3.63) is 23.8 Å². The Morgan fingerprint density at radius 1 is 1.53 bits per heavy atom. The van der Waals surface area contributed by atoms with E-state index in [-0.39, 0.29) is 6.04 Å². The van der Waals surface area contributed by atoms with Crippen LogP contribution in [0.5, 0.6) is 0 Å². The number of benzene rings is 1. The fourth-order valence-electron chi connectivity index (χ4n) is 1.50. The van der Waals surface area contributed by atoms with Gasteiger partial charge in [-0.25, -0.2) is 4.72 Å². The number of hydrogen-bond acceptors (Lipinski definition) is 4. The number of anilines is 2. The third-order valence-corrected chi connectivity index (χ3v) is 3.03. The van der Waals surface area contributed by atoms with Gasteiger partial charge in [-0.2, -0.15) is 0 Å². The highest BCUT2D eigenvalue weighted by molar-refractivity contribution is 7.77. The van der Waals surface area contributed by atoms with Crippen LogP contribution in [-0.2, 0) is 17.7 Å². The second-order valence-electron chi connectivity index (χ2n) is 3.90. The predicted molar refractivity (Wildman–Crippen MR) is 70.2 cm³/mol. The highest BCUT2D eigenvalue weighted by Crippen LogP contribution is 2.18. The molecular weight excluding hydrogens is 238 g/mol. The van der Waals surface area contributed by atoms with Crippen LogP contribution >= 0.6 is 0 Å². The van der Waals surface area contributed by atoms with E-state index >= 15 is 0 Å². The van der Waals surface area contributed by atoms with Crippen molar-refractivity contribution in [3.63, 3.8) is 0 Å². The molecule has 4 N–H and O–H groups in total. The average molecular weight is 256 g/mol. The number of nitrogens with two attached hydrogens (primary N) is 1. The van der Waals surface area contributed by atoms with Gasteiger partial charge in [-0.15, -0.1) is 0 Å². The lowest BCUT2D eigenvalue weighted by atomic mass is 10.1. The highest BCUT2D eigenvalue weighted by Gasteiger charge is 2.02. The van der Waals surface area contributed by atoms with Crippen LogP contribution < -0.4 is 15.8 Å². The number of rotatable bonds is 6. The molecule has 0 saturated carbocycles. The molecule has 0 bridgehead atoms. The monoisotopic (exact) mass is 256 g/mol. The Bertz CT molecular complexity index is 398. The summed E-state index contributed by atoms with van der Waals surface area (Å²) in [7, 11) is 0. The van der Waals surface area contributed by atoms with Crippen molar-refractivity contribution in [3.8, 4) is 0 Å². The average Bonchev–Trinajstić information content (AvgIpc) is 2.27. The summed E-state index contributed by atoms with van der Waals surface area (Å²) in [5, 5.41) is 3.16. The van der Waals surface area contributed by atoms with Crippen molar-refractivity contribution in [2.75, 3.05) is 17.6 Å². The summed E-state index contributed by atoms with van der Waals surface area (Å²) in [6.07, 6.45) is 0.875. The molecule has 1 aromatic rings. The Hall–Kier alpha value is -1.11. The maximum atomic E-state index is 10.4. The van der Waals surface area contributed by atoms with Crippen molar-refractivity contribution in [2.45, 2.75) is 26.3 Å². The molecule has 0 aliphatic heterocycles. The minimum atomic E-state index is -2.22. The minimum Gasteiger partial charge on any atom is -0.760 e. The Labute approximate surface area is 104 Å². The molecule has 0 aliphatic carbocycles. The second kappa shape index (κ2) is 6.58. The van der Waals surface area contributed by atoms with Crippen LogP contribution in [0, 0.1) is 0 Å². The summed E-state index contributed by atoms with van der Waals surface area (Å²) in [5.41, 5.74) is 8.61. The molecule has 0 heterocycles. The van der Waals surface area contributed by atoms with Crippen LogP contribution in [0.15, 0.2) is 18.2 Å². The van der Waals surface area contributed by atoms with Gasteiger partial charge in [-0.1, -0.05) is 6.92 Å². The zero-order valence-electron chi connectivity index (χ0n) is 10.0. The molecule has 6 heteroatoms. The van der Waals surface area contributed by atoms with Crippen molar-refractivity contribution in [2.24, 2.45) is 0 Å². The normalized spacial score (nSPS) is 14.3. The number of hydrogen-bond donors (Lipinski definition) is 3. The van der Waals surface area contributed by atoms with E-state index in [1.807, 2.05) is 25.1 Å². The van der Waals surface area contributed by atoms with E-state index in [4.69, 9.17) is 5.73 Å². The van der Waals surface area contributed by atoms with Gasteiger partial charge in [0, 0.05) is 35.2 Å². The molecule has 0 radical (unpaired) electrons. The van der Waals surface area contributed by atoms with Crippen LogP contribution in [0.2, 0.25) is 0 Å². The van der Waals surface area contributed by atoms with Gasteiger partial charge in [0.15, 0.2) is 0 Å². The molecule has 0 amide bonds. The standard InChI is InChI=1S/C11H19N3O2S/c1-3-9-6-10(4-5-11(9)12)13-7-8(2)14-17(15)16/h4-6,8,13-14H,3,7,12H2,1-2H3,(H,15,16)/p-1. The summed E-state index contributed by atoms with van der Waals surface area (Å²) < 4.78 is 23.2. The molecule has 0 aromatic heterocycles. The first-order valence-corrected chi connectivity index (χ1v) is 6.58. The van der Waals surface area contributed by atoms with Gasteiger partial charge >= 0.3 is 0 Å². The van der Waals surface area contributed by atoms with Crippen LogP contribution in [0.4, 0.5) is 11.4 Å². The predicted octanol–water partition coefficient (Wildman–Crippen LogP) is 1.02. The van der Waals surface area contributed by atoms with E-state index in [0.29, 0.717) is 6.54 Å². The smallest absolute Gasteiger partial charge is 0.0347 e. The fourth-order valence-corrected chi connectivity index (χ4v) is 1.91. The van der Waals surface area contributed by atoms with Crippen molar-refractivity contribution >= 4 is 22.6 Å². The van der Waals surface area contributed by atoms with Gasteiger partial charge in [0.25, 0.3) is 0 Å². The molecule has 2 unspecified atom stereocenters. The highest BCUT2D eigenvalue weighted by atomic mass is 32.2. The molecule has 0 saturated heterocycles. The minimum absolute atomic E-state index is 0.157. The molecule has 1 rings (SSSR count). The lowest BCUT2D eigenvalue weighted by Gasteiger charge is -2.17. The first-order chi connectivity index (χ1) is 8.02. The van der Waals surface area contributed by atoms with Gasteiger partial charge in [0.1, 0.15) is 0 Å². The van der Waals surface area contributed by atoms with Gasteiger partial charge in [0.2, 0.25) is 0 Å². The molecule has 96 valence electrons. The summed E-state index contributed by atoms with van der Waals surface area (Å²) in [4.78, 5) is 0. The molecule has 0 fully saturated rings. The quantitative estimate of drug-likeness (QED) is 0.523. The summed E-state index contributed by atoms with van der Waals surface area (Å²) in [5.74, 6) is 0. The Morgan fingerprint density at radius 3 is 2.82 bits per heavy atom. The van der Waals surface area contributed by atoms with Crippen LogP contribution in [0.3, 0.4) is 0 Å². The van der Waals surface area contributed by atoms with E-state index in [0.717, 1.165) is 23.4 Å². The third-order valence-electron chi connectivity index (χ3n) is 2.43. The van der Waals surface area contributed by atoms with Crippen LogP contribution in [0.25, 0.3) is 0 Å². The molecule has 5 nitrogen and oxygen atoms in total. The van der Waals surface area contributed by atoms with Gasteiger partial charge in [-0.3, -0.25) is 4.21 Å². The van der Waals surface area contributed by atoms with Gasteiger partial charge in [-0.05, 0) is 37.1 Å². The topological polar surface area (TPSA) is 90.2 Å². The Morgan fingerprint density at radius 2 is 2.24 bits per heavy atom. The molecule has 0 spiro atoms. The van der Waals surface area contributed by atoms with Crippen molar-refractivity contribution in [1.29, 1.82) is 0 Å². The fraction of sp³-hybridized carbons (Fsp3) is 0.455. The molecule has 17 heavy (non-hydrogen) atoms. The molecule has 0 aliphatic rings. The molecule has 1 aromatic carbocycles. The van der Waals surface area contributed by atoms with Gasteiger partial charge in [0.05, 0.1) is 0 Å². The van der Waals surface area contributed by atoms with E-state index < -0.39 is 11.3 Å². The SMILES string of the molecule is CCc1cc(NCC(C)NS(=O)[O-])ccc1N. The van der Waals surface area contributed by atoms with Crippen molar-refractivity contribution in [1.82, 2.24) is 4.72 Å². The largest absolute Gasteiger partial charge is 0.760 e. The number of nitrogen functional groups attached to an aromatic ring is 1. The molecular formula is C11H18N3O2S-. The zero-order chi connectivity index (χ0) is 12.8. The van der Waals surface area contributed by atoms with Crippen LogP contribution in [-0.4, -0.2) is 21.3 Å². The summed E-state index contributed by atoms with van der Waals surface area (Å²) in [6, 6.07) is 5.56. The van der Waals surface area contributed by atoms with E-state index in [2.05, 4.69) is 10.0 Å². The number of aryl methyl sites for hydroxylation is 1. The lowest BCUT2D eigenvalue weighted by Crippen LogP contribution is -2.33. The Balaban J connectivity index is 2.54. The molecule has 2 atom stereocenters. The summed E-state index contributed by atoms with van der Waals surface area (Å²) >= 11 is -2.22.